The number of ketones is 1. The molecule has 1 heterocycles. The highest BCUT2D eigenvalue weighted by atomic mass is 35.5. The summed E-state index contributed by atoms with van der Waals surface area (Å²) < 4.78 is 16.1. The number of nitrogens with zero attached hydrogens (tertiary/aromatic N) is 1. The zero-order valence-corrected chi connectivity index (χ0v) is 21.8. The summed E-state index contributed by atoms with van der Waals surface area (Å²) in [6.45, 7) is 1.93. The average molecular weight is 556 g/mol. The summed E-state index contributed by atoms with van der Waals surface area (Å²) in [7, 11) is 0. The lowest BCUT2D eigenvalue weighted by Gasteiger charge is -2.19. The Morgan fingerprint density at radius 3 is 2.45 bits per heavy atom. The number of esters is 2. The van der Waals surface area contributed by atoms with E-state index in [4.69, 9.17) is 37.4 Å². The largest absolute Gasteiger partial charge is 0.492 e. The number of halogens is 2. The van der Waals surface area contributed by atoms with E-state index in [9.17, 15) is 19.2 Å². The molecular weight excluding hydrogens is 533 g/mol. The fourth-order valence-corrected chi connectivity index (χ4v) is 4.41. The first-order chi connectivity index (χ1) is 18.3. The summed E-state index contributed by atoms with van der Waals surface area (Å²) in [5, 5.41) is 0.542. The minimum atomic E-state index is -0.702. The number of amides is 1. The molecule has 8 nitrogen and oxygen atoms in total. The van der Waals surface area contributed by atoms with Crippen molar-refractivity contribution in [3.05, 3.63) is 87.9 Å². The second-order valence-corrected chi connectivity index (χ2v) is 9.22. The van der Waals surface area contributed by atoms with E-state index in [-0.39, 0.29) is 40.8 Å². The predicted molar refractivity (Wildman–Crippen MR) is 141 cm³/mol. The van der Waals surface area contributed by atoms with Gasteiger partial charge in [-0.05, 0) is 61.5 Å². The molecule has 1 fully saturated rings. The van der Waals surface area contributed by atoms with Crippen molar-refractivity contribution in [2.75, 3.05) is 24.7 Å². The fraction of sp³-hybridized carbons (Fsp3) is 0.214. The van der Waals surface area contributed by atoms with Crippen LogP contribution < -0.4 is 14.4 Å². The monoisotopic (exact) mass is 555 g/mol. The lowest BCUT2D eigenvalue weighted by molar-refractivity contribution is -0.147. The smallest absolute Gasteiger partial charge is 0.345 e. The van der Waals surface area contributed by atoms with E-state index >= 15 is 0 Å². The van der Waals surface area contributed by atoms with Gasteiger partial charge >= 0.3 is 11.9 Å². The van der Waals surface area contributed by atoms with Crippen LogP contribution in [0, 0.1) is 5.92 Å². The quantitative estimate of drug-likeness (QED) is 0.198. The average Bonchev–Trinajstić information content (AvgIpc) is 3.29. The van der Waals surface area contributed by atoms with E-state index in [1.165, 1.54) is 47.4 Å². The van der Waals surface area contributed by atoms with Gasteiger partial charge < -0.3 is 19.1 Å². The number of para-hydroxylation sites is 2. The fourth-order valence-electron chi connectivity index (χ4n) is 3.92. The van der Waals surface area contributed by atoms with Crippen molar-refractivity contribution >= 4 is 52.5 Å². The molecule has 0 saturated carbocycles. The van der Waals surface area contributed by atoms with Crippen LogP contribution in [0.25, 0.3) is 0 Å². The van der Waals surface area contributed by atoms with Gasteiger partial charge in [-0.25, -0.2) is 4.79 Å². The van der Waals surface area contributed by atoms with Gasteiger partial charge in [-0.2, -0.15) is 0 Å². The van der Waals surface area contributed by atoms with Crippen molar-refractivity contribution in [3.63, 3.8) is 0 Å². The number of Topliss-reactive ketones (excluding diaryl/α,β-unsaturated/α-hetero) is 1. The Morgan fingerprint density at radius 1 is 1.00 bits per heavy atom. The first-order valence-corrected chi connectivity index (χ1v) is 12.5. The molecular formula is C28H23Cl2NO7. The molecule has 1 saturated heterocycles. The highest BCUT2D eigenvalue weighted by Gasteiger charge is 2.37. The van der Waals surface area contributed by atoms with Crippen molar-refractivity contribution in [1.29, 1.82) is 0 Å². The van der Waals surface area contributed by atoms with Gasteiger partial charge in [0.05, 0.1) is 28.8 Å². The molecule has 38 heavy (non-hydrogen) atoms. The van der Waals surface area contributed by atoms with Crippen LogP contribution in [0.5, 0.6) is 11.5 Å². The molecule has 1 aliphatic rings. The lowest BCUT2D eigenvalue weighted by atomic mass is 10.1. The first-order valence-electron chi connectivity index (χ1n) is 11.8. The minimum absolute atomic E-state index is 0.0226. The van der Waals surface area contributed by atoms with Crippen LogP contribution in [0.1, 0.15) is 34.1 Å². The molecule has 3 aromatic carbocycles. The highest BCUT2D eigenvalue weighted by molar-refractivity contribution is 6.36. The van der Waals surface area contributed by atoms with Gasteiger partial charge in [0.2, 0.25) is 5.91 Å². The summed E-state index contributed by atoms with van der Waals surface area (Å²) >= 11 is 11.9. The van der Waals surface area contributed by atoms with Gasteiger partial charge in [-0.3, -0.25) is 14.4 Å². The molecule has 0 N–H and O–H groups in total. The summed E-state index contributed by atoms with van der Waals surface area (Å²) in [6, 6.07) is 17.3. The second kappa shape index (κ2) is 12.1. The molecule has 0 aromatic heterocycles. The standard InChI is InChI=1S/C28H23Cl2NO7/c1-2-36-25-6-4-3-5-23(25)31-15-18(13-26(31)33)27(34)37-16-24(32)17-7-10-20(11-8-17)38-28(35)21-12-9-19(29)14-22(21)30/h3-12,14,18H,2,13,15-16H2,1H3/t18-/m1/s1. The zero-order valence-electron chi connectivity index (χ0n) is 20.3. The summed E-state index contributed by atoms with van der Waals surface area (Å²) in [5.74, 6) is -1.93. The number of rotatable bonds is 9. The number of benzene rings is 3. The van der Waals surface area contributed by atoms with Crippen LogP contribution in [-0.4, -0.2) is 43.4 Å². The van der Waals surface area contributed by atoms with Crippen LogP contribution in [0.15, 0.2) is 66.7 Å². The van der Waals surface area contributed by atoms with Crippen LogP contribution in [-0.2, 0) is 14.3 Å². The van der Waals surface area contributed by atoms with Crippen molar-refractivity contribution in [1.82, 2.24) is 0 Å². The Morgan fingerprint density at radius 2 is 1.74 bits per heavy atom. The third-order valence-electron chi connectivity index (χ3n) is 5.80. The SMILES string of the molecule is CCOc1ccccc1N1C[C@H](C(=O)OCC(=O)c2ccc(OC(=O)c3ccc(Cl)cc3Cl)cc2)CC1=O. The molecule has 10 heteroatoms. The topological polar surface area (TPSA) is 99.2 Å². The summed E-state index contributed by atoms with van der Waals surface area (Å²) in [4.78, 5) is 51.6. The van der Waals surface area contributed by atoms with Gasteiger partial charge in [0.1, 0.15) is 11.5 Å². The highest BCUT2D eigenvalue weighted by Crippen LogP contribution is 2.33. The molecule has 4 rings (SSSR count). The maximum atomic E-state index is 12.6. The first kappa shape index (κ1) is 27.2. The van der Waals surface area contributed by atoms with Gasteiger partial charge in [-0.1, -0.05) is 35.3 Å². The van der Waals surface area contributed by atoms with Crippen LogP contribution in [0.4, 0.5) is 5.69 Å². The van der Waals surface area contributed by atoms with Crippen molar-refractivity contribution in [3.8, 4) is 11.5 Å². The molecule has 0 spiro atoms. The summed E-state index contributed by atoms with van der Waals surface area (Å²) in [5.41, 5.74) is 0.996. The molecule has 1 aliphatic heterocycles. The van der Waals surface area contributed by atoms with E-state index in [0.29, 0.717) is 23.1 Å². The maximum Gasteiger partial charge on any atom is 0.345 e. The summed E-state index contributed by atoms with van der Waals surface area (Å²) in [6.07, 6.45) is -0.0226. The van der Waals surface area contributed by atoms with Crippen molar-refractivity contribution < 1.29 is 33.4 Å². The van der Waals surface area contributed by atoms with Crippen molar-refractivity contribution in [2.45, 2.75) is 13.3 Å². The molecule has 0 radical (unpaired) electrons. The van der Waals surface area contributed by atoms with Gasteiger partial charge in [0, 0.05) is 23.6 Å². The molecule has 1 amide bonds. The predicted octanol–water partition coefficient (Wildman–Crippen LogP) is 5.39. The molecule has 1 atom stereocenters. The molecule has 196 valence electrons. The van der Waals surface area contributed by atoms with Crippen LogP contribution in [0.3, 0.4) is 0 Å². The number of carbonyl (C=O) groups is 4. The van der Waals surface area contributed by atoms with E-state index in [2.05, 4.69) is 0 Å². The second-order valence-electron chi connectivity index (χ2n) is 8.38. The third kappa shape index (κ3) is 6.33. The van der Waals surface area contributed by atoms with E-state index in [1.54, 1.807) is 24.3 Å². The van der Waals surface area contributed by atoms with E-state index in [1.807, 2.05) is 6.92 Å². The minimum Gasteiger partial charge on any atom is -0.492 e. The molecule has 0 bridgehead atoms. The van der Waals surface area contributed by atoms with E-state index < -0.39 is 30.2 Å². The lowest BCUT2D eigenvalue weighted by Crippen LogP contribution is -2.27. The third-order valence-corrected chi connectivity index (χ3v) is 6.35. The Bertz CT molecular complexity index is 1370. The van der Waals surface area contributed by atoms with Crippen LogP contribution in [0.2, 0.25) is 10.0 Å². The molecule has 0 unspecified atom stereocenters. The van der Waals surface area contributed by atoms with Gasteiger partial charge in [0.15, 0.2) is 12.4 Å². The number of hydrogen-bond donors (Lipinski definition) is 0. The number of hydrogen-bond acceptors (Lipinski definition) is 7. The normalized spacial score (nSPS) is 14.8. The van der Waals surface area contributed by atoms with E-state index in [0.717, 1.165) is 0 Å². The molecule has 0 aliphatic carbocycles. The maximum absolute atomic E-state index is 12.6. The molecule has 3 aromatic rings. The van der Waals surface area contributed by atoms with Gasteiger partial charge in [-0.15, -0.1) is 0 Å². The zero-order chi connectivity index (χ0) is 27.2. The van der Waals surface area contributed by atoms with Crippen molar-refractivity contribution in [2.24, 2.45) is 5.92 Å². The Kier molecular flexibility index (Phi) is 8.66. The number of ether oxygens (including phenoxy) is 3. The number of carbonyl (C=O) groups excluding carboxylic acids is 4. The van der Waals surface area contributed by atoms with Crippen LogP contribution >= 0.6 is 23.2 Å². The Hall–Kier alpha value is -3.88. The Labute approximate surface area is 229 Å². The number of anilines is 1. The Balaban J connectivity index is 1.31. The van der Waals surface area contributed by atoms with Gasteiger partial charge in [0.25, 0.3) is 0 Å².